The van der Waals surface area contributed by atoms with Crippen LogP contribution in [0.15, 0.2) is 29.2 Å². The molecule has 15 heavy (non-hydrogen) atoms. The highest BCUT2D eigenvalue weighted by Crippen LogP contribution is 2.28. The Kier molecular flexibility index (Phi) is 3.02. The van der Waals surface area contributed by atoms with Gasteiger partial charge in [-0.25, -0.2) is 12.8 Å². The van der Waals surface area contributed by atoms with Gasteiger partial charge < -0.3 is 0 Å². The maximum absolute atomic E-state index is 12.7. The number of sulfone groups is 1. The topological polar surface area (TPSA) is 34.1 Å². The average molecular weight is 246 g/mol. The molecule has 0 amide bonds. The Morgan fingerprint density at radius 2 is 1.93 bits per heavy atom. The summed E-state index contributed by atoms with van der Waals surface area (Å²) in [5, 5.41) is -0.298. The Morgan fingerprint density at radius 1 is 1.27 bits per heavy atom. The minimum absolute atomic E-state index is 0.233. The van der Waals surface area contributed by atoms with Gasteiger partial charge in [0, 0.05) is 5.75 Å². The van der Waals surface area contributed by atoms with Gasteiger partial charge in [-0.2, -0.15) is 11.8 Å². The molecule has 0 aromatic heterocycles. The Bertz CT molecular complexity index is 433. The molecule has 2 nitrogen and oxygen atoms in total. The fourth-order valence-corrected chi connectivity index (χ4v) is 5.10. The van der Waals surface area contributed by atoms with Gasteiger partial charge in [-0.15, -0.1) is 0 Å². The second-order valence-electron chi connectivity index (χ2n) is 3.48. The molecular formula is C10H11FO2S2. The molecule has 1 fully saturated rings. The van der Waals surface area contributed by atoms with E-state index < -0.39 is 15.7 Å². The lowest BCUT2D eigenvalue weighted by Crippen LogP contribution is -2.20. The maximum Gasteiger partial charge on any atom is 0.182 e. The van der Waals surface area contributed by atoms with Crippen molar-refractivity contribution in [1.82, 2.24) is 0 Å². The molecular weight excluding hydrogens is 235 g/mol. The predicted molar refractivity (Wildman–Crippen MR) is 59.3 cm³/mol. The van der Waals surface area contributed by atoms with Crippen LogP contribution in [-0.4, -0.2) is 25.2 Å². The molecule has 0 saturated carbocycles. The largest absolute Gasteiger partial charge is 0.223 e. The summed E-state index contributed by atoms with van der Waals surface area (Å²) < 4.78 is 36.7. The zero-order valence-electron chi connectivity index (χ0n) is 8.02. The Balaban J connectivity index is 2.32. The van der Waals surface area contributed by atoms with E-state index in [4.69, 9.17) is 0 Å². The minimum Gasteiger partial charge on any atom is -0.223 e. The van der Waals surface area contributed by atoms with Crippen molar-refractivity contribution in [3.63, 3.8) is 0 Å². The van der Waals surface area contributed by atoms with E-state index in [-0.39, 0.29) is 10.1 Å². The summed E-state index contributed by atoms with van der Waals surface area (Å²) in [7, 11) is -3.24. The van der Waals surface area contributed by atoms with Crippen molar-refractivity contribution in [3.8, 4) is 0 Å². The normalized spacial score (nSPS) is 21.8. The first kappa shape index (κ1) is 11.0. The molecule has 1 aliphatic heterocycles. The highest BCUT2D eigenvalue weighted by molar-refractivity contribution is 8.01. The lowest BCUT2D eigenvalue weighted by atomic mass is 10.3. The summed E-state index contributed by atoms with van der Waals surface area (Å²) in [5.41, 5.74) is 0. The fraction of sp³-hybridized carbons (Fsp3) is 0.400. The summed E-state index contributed by atoms with van der Waals surface area (Å²) >= 11 is 1.65. The predicted octanol–water partition coefficient (Wildman–Crippen LogP) is 2.10. The van der Waals surface area contributed by atoms with Crippen LogP contribution in [0.3, 0.4) is 0 Å². The second-order valence-corrected chi connectivity index (χ2v) is 6.86. The quantitative estimate of drug-likeness (QED) is 0.749. The van der Waals surface area contributed by atoms with Crippen LogP contribution in [0.2, 0.25) is 0 Å². The van der Waals surface area contributed by atoms with Crippen LogP contribution in [0.5, 0.6) is 0 Å². The molecule has 1 heterocycles. The standard InChI is InChI=1S/C10H11FO2S2/c11-8-1-3-9(4-2-8)15(12,13)10-5-6-14-7-10/h1-4,10H,5-7H2. The number of rotatable bonds is 2. The molecule has 5 heteroatoms. The summed E-state index contributed by atoms with van der Waals surface area (Å²) in [6.07, 6.45) is 0.699. The highest BCUT2D eigenvalue weighted by Gasteiger charge is 2.30. The molecule has 0 N–H and O–H groups in total. The monoisotopic (exact) mass is 246 g/mol. The Morgan fingerprint density at radius 3 is 2.47 bits per heavy atom. The van der Waals surface area contributed by atoms with Crippen LogP contribution in [0, 0.1) is 5.82 Å². The lowest BCUT2D eigenvalue weighted by Gasteiger charge is -2.09. The molecule has 0 radical (unpaired) electrons. The molecule has 1 unspecified atom stereocenters. The summed E-state index contributed by atoms with van der Waals surface area (Å²) in [6, 6.07) is 5.06. The lowest BCUT2D eigenvalue weighted by molar-refractivity contribution is 0.583. The first-order chi connectivity index (χ1) is 7.10. The van der Waals surface area contributed by atoms with E-state index in [1.807, 2.05) is 0 Å². The number of hydrogen-bond acceptors (Lipinski definition) is 3. The van der Waals surface area contributed by atoms with E-state index in [9.17, 15) is 12.8 Å². The third-order valence-corrected chi connectivity index (χ3v) is 6.05. The third-order valence-electron chi connectivity index (χ3n) is 2.47. The minimum atomic E-state index is -3.24. The molecule has 1 aromatic rings. The number of hydrogen-bond donors (Lipinski definition) is 0. The number of thioether (sulfide) groups is 1. The third kappa shape index (κ3) is 2.18. The van der Waals surface area contributed by atoms with Crippen molar-refractivity contribution in [2.75, 3.05) is 11.5 Å². The summed E-state index contributed by atoms with van der Waals surface area (Å²) in [5.74, 6) is 1.14. The molecule has 0 spiro atoms. The van der Waals surface area contributed by atoms with Gasteiger partial charge in [-0.3, -0.25) is 0 Å². The Hall–Kier alpha value is -0.550. The molecule has 1 saturated heterocycles. The SMILES string of the molecule is O=S(=O)(c1ccc(F)cc1)C1CCSC1. The smallest absolute Gasteiger partial charge is 0.182 e. The zero-order valence-corrected chi connectivity index (χ0v) is 9.65. The van der Waals surface area contributed by atoms with Crippen molar-refractivity contribution in [2.45, 2.75) is 16.6 Å². The van der Waals surface area contributed by atoms with Crippen LogP contribution < -0.4 is 0 Å². The van der Waals surface area contributed by atoms with Gasteiger partial charge in [0.15, 0.2) is 9.84 Å². The van der Waals surface area contributed by atoms with Crippen LogP contribution in [-0.2, 0) is 9.84 Å². The van der Waals surface area contributed by atoms with Gasteiger partial charge >= 0.3 is 0 Å². The van der Waals surface area contributed by atoms with Crippen LogP contribution in [0.25, 0.3) is 0 Å². The van der Waals surface area contributed by atoms with Gasteiger partial charge in [-0.1, -0.05) is 0 Å². The van der Waals surface area contributed by atoms with Crippen molar-refractivity contribution in [1.29, 1.82) is 0 Å². The molecule has 1 aromatic carbocycles. The van der Waals surface area contributed by atoms with Crippen molar-refractivity contribution < 1.29 is 12.8 Å². The summed E-state index contributed by atoms with van der Waals surface area (Å²) in [6.45, 7) is 0. The van der Waals surface area contributed by atoms with E-state index in [0.29, 0.717) is 12.2 Å². The van der Waals surface area contributed by atoms with E-state index in [1.165, 1.54) is 24.3 Å². The van der Waals surface area contributed by atoms with E-state index in [1.54, 1.807) is 11.8 Å². The van der Waals surface area contributed by atoms with Gasteiger partial charge in [0.1, 0.15) is 5.82 Å². The zero-order chi connectivity index (χ0) is 10.9. The van der Waals surface area contributed by atoms with E-state index in [2.05, 4.69) is 0 Å². The van der Waals surface area contributed by atoms with Gasteiger partial charge in [0.05, 0.1) is 10.1 Å². The van der Waals surface area contributed by atoms with Crippen molar-refractivity contribution >= 4 is 21.6 Å². The van der Waals surface area contributed by atoms with Crippen molar-refractivity contribution in [3.05, 3.63) is 30.1 Å². The fourth-order valence-electron chi connectivity index (χ4n) is 1.57. The van der Waals surface area contributed by atoms with Crippen LogP contribution in [0.1, 0.15) is 6.42 Å². The Labute approximate surface area is 92.8 Å². The second kappa shape index (κ2) is 4.14. The van der Waals surface area contributed by atoms with E-state index in [0.717, 1.165) is 5.75 Å². The first-order valence-electron chi connectivity index (χ1n) is 4.68. The molecule has 0 bridgehead atoms. The number of benzene rings is 1. The first-order valence-corrected chi connectivity index (χ1v) is 7.38. The maximum atomic E-state index is 12.7. The van der Waals surface area contributed by atoms with Crippen molar-refractivity contribution in [2.24, 2.45) is 0 Å². The van der Waals surface area contributed by atoms with Gasteiger partial charge in [0.2, 0.25) is 0 Å². The van der Waals surface area contributed by atoms with Gasteiger partial charge in [-0.05, 0) is 36.4 Å². The molecule has 1 aliphatic rings. The summed E-state index contributed by atoms with van der Waals surface area (Å²) in [4.78, 5) is 0.233. The van der Waals surface area contributed by atoms with Crippen LogP contribution in [0.4, 0.5) is 4.39 Å². The molecule has 1 atom stereocenters. The van der Waals surface area contributed by atoms with Gasteiger partial charge in [0.25, 0.3) is 0 Å². The average Bonchev–Trinajstić information content (AvgIpc) is 2.71. The number of halogens is 1. The molecule has 0 aliphatic carbocycles. The molecule has 82 valence electrons. The highest BCUT2D eigenvalue weighted by atomic mass is 32.2. The molecule has 2 rings (SSSR count). The van der Waals surface area contributed by atoms with Crippen LogP contribution >= 0.6 is 11.8 Å². The van der Waals surface area contributed by atoms with E-state index >= 15 is 0 Å².